The second-order valence-corrected chi connectivity index (χ2v) is 8.21. The number of anilines is 1. The molecule has 0 saturated heterocycles. The van der Waals surface area contributed by atoms with Crippen LogP contribution < -0.4 is 14.9 Å². The predicted molar refractivity (Wildman–Crippen MR) is 131 cm³/mol. The molecule has 0 radical (unpaired) electrons. The van der Waals surface area contributed by atoms with E-state index in [1.165, 1.54) is 0 Å². The molecule has 160 valence electrons. The summed E-state index contributed by atoms with van der Waals surface area (Å²) in [5, 5.41) is 6.35. The number of aromatic nitrogens is 2. The summed E-state index contributed by atoms with van der Waals surface area (Å²) in [7, 11) is 1.65. The number of para-hydroxylation sites is 2. The van der Waals surface area contributed by atoms with E-state index in [2.05, 4.69) is 44.5 Å². The number of thiazole rings is 1. The van der Waals surface area contributed by atoms with Crippen LogP contribution in [0.2, 0.25) is 0 Å². The van der Waals surface area contributed by atoms with Crippen LogP contribution in [0.25, 0.3) is 21.1 Å². The van der Waals surface area contributed by atoms with Crippen molar-refractivity contribution in [3.05, 3.63) is 84.6 Å². The molecule has 0 fully saturated rings. The number of rotatable bonds is 8. The van der Waals surface area contributed by atoms with E-state index in [1.54, 1.807) is 18.4 Å². The van der Waals surface area contributed by atoms with Gasteiger partial charge in [0.15, 0.2) is 0 Å². The van der Waals surface area contributed by atoms with Crippen molar-refractivity contribution in [2.24, 2.45) is 5.10 Å². The molecule has 0 aliphatic rings. The Labute approximate surface area is 189 Å². The van der Waals surface area contributed by atoms with Gasteiger partial charge in [-0.1, -0.05) is 47.7 Å². The molecule has 0 aliphatic carbocycles. The molecular weight excluding hydrogens is 420 g/mol. The first-order valence-corrected chi connectivity index (χ1v) is 11.1. The summed E-state index contributed by atoms with van der Waals surface area (Å²) < 4.78 is 14.5. The van der Waals surface area contributed by atoms with E-state index in [1.807, 2.05) is 60.8 Å². The highest BCUT2D eigenvalue weighted by molar-refractivity contribution is 7.22. The molecule has 0 bridgehead atoms. The smallest absolute Gasteiger partial charge is 0.204 e. The summed E-state index contributed by atoms with van der Waals surface area (Å²) in [4.78, 5) is 4.56. The number of nitrogens with zero attached hydrogens (tertiary/aromatic N) is 3. The van der Waals surface area contributed by atoms with Crippen LogP contribution in [-0.2, 0) is 6.54 Å². The molecule has 5 rings (SSSR count). The summed E-state index contributed by atoms with van der Waals surface area (Å²) in [6, 6.07) is 24.0. The fourth-order valence-electron chi connectivity index (χ4n) is 3.59. The number of ether oxygens (including phenoxy) is 2. The van der Waals surface area contributed by atoms with E-state index in [-0.39, 0.29) is 0 Å². The van der Waals surface area contributed by atoms with E-state index in [0.29, 0.717) is 6.61 Å². The van der Waals surface area contributed by atoms with Gasteiger partial charge in [-0.3, -0.25) is 5.43 Å². The van der Waals surface area contributed by atoms with Gasteiger partial charge in [0.1, 0.15) is 18.1 Å². The topological polar surface area (TPSA) is 60.7 Å². The molecule has 2 heterocycles. The molecule has 6 nitrogen and oxygen atoms in total. The van der Waals surface area contributed by atoms with Crippen molar-refractivity contribution < 1.29 is 9.47 Å². The molecule has 0 atom stereocenters. The van der Waals surface area contributed by atoms with Crippen molar-refractivity contribution >= 4 is 43.8 Å². The number of hydrogen-bond acceptors (Lipinski definition) is 6. The number of hydrogen-bond donors (Lipinski definition) is 1. The van der Waals surface area contributed by atoms with Gasteiger partial charge >= 0.3 is 0 Å². The first-order chi connectivity index (χ1) is 15.8. The highest BCUT2D eigenvalue weighted by atomic mass is 32.1. The fraction of sp³-hybridized carbons (Fsp3) is 0.120. The van der Waals surface area contributed by atoms with Crippen molar-refractivity contribution in [1.29, 1.82) is 0 Å². The maximum absolute atomic E-state index is 5.92. The third kappa shape index (κ3) is 4.29. The van der Waals surface area contributed by atoms with Gasteiger partial charge in [0, 0.05) is 28.7 Å². The Balaban J connectivity index is 1.30. The van der Waals surface area contributed by atoms with Crippen molar-refractivity contribution in [1.82, 2.24) is 9.55 Å². The number of fused-ring (bicyclic) bond motifs is 2. The van der Waals surface area contributed by atoms with E-state index < -0.39 is 0 Å². The van der Waals surface area contributed by atoms with Gasteiger partial charge in [0.05, 0.1) is 30.1 Å². The van der Waals surface area contributed by atoms with Crippen LogP contribution in [0.1, 0.15) is 5.56 Å². The van der Waals surface area contributed by atoms with E-state index in [4.69, 9.17) is 9.47 Å². The largest absolute Gasteiger partial charge is 0.497 e. The van der Waals surface area contributed by atoms with Crippen LogP contribution in [-0.4, -0.2) is 29.5 Å². The predicted octanol–water partition coefficient (Wildman–Crippen LogP) is 5.78. The van der Waals surface area contributed by atoms with Gasteiger partial charge in [-0.2, -0.15) is 5.10 Å². The normalized spacial score (nSPS) is 11.4. The average Bonchev–Trinajstić information content (AvgIpc) is 3.41. The monoisotopic (exact) mass is 442 g/mol. The third-order valence-corrected chi connectivity index (χ3v) is 6.06. The lowest BCUT2D eigenvalue weighted by Crippen LogP contribution is -2.07. The standard InChI is InChI=1S/C25H22N4O2S/c1-30-19-7-6-8-20(15-19)31-14-13-29-17-18(21-9-2-4-11-23(21)29)16-26-28-25-27-22-10-3-5-12-24(22)32-25/h2-12,15-17H,13-14H2,1H3,(H,27,28)/b26-16+. The van der Waals surface area contributed by atoms with E-state index >= 15 is 0 Å². The third-order valence-electron chi connectivity index (χ3n) is 5.12. The lowest BCUT2D eigenvalue weighted by Gasteiger charge is -2.09. The molecule has 3 aromatic carbocycles. The minimum atomic E-state index is 0.548. The molecule has 7 heteroatoms. The molecule has 0 saturated carbocycles. The van der Waals surface area contributed by atoms with Crippen LogP contribution in [0, 0.1) is 0 Å². The maximum Gasteiger partial charge on any atom is 0.204 e. The Kier molecular flexibility index (Phi) is 5.72. The Morgan fingerprint density at radius 2 is 1.88 bits per heavy atom. The van der Waals surface area contributed by atoms with Gasteiger partial charge in [-0.15, -0.1) is 0 Å². The van der Waals surface area contributed by atoms with E-state index in [9.17, 15) is 0 Å². The van der Waals surface area contributed by atoms with Gasteiger partial charge in [0.2, 0.25) is 5.13 Å². The summed E-state index contributed by atoms with van der Waals surface area (Å²) in [5.41, 5.74) is 6.22. The molecule has 5 aromatic rings. The van der Waals surface area contributed by atoms with Gasteiger partial charge < -0.3 is 14.0 Å². The maximum atomic E-state index is 5.92. The Morgan fingerprint density at radius 1 is 1.03 bits per heavy atom. The SMILES string of the molecule is COc1cccc(OCCn2cc(/C=N/Nc3nc4ccccc4s3)c3ccccc32)c1. The van der Waals surface area contributed by atoms with Crippen molar-refractivity contribution in [2.75, 3.05) is 19.1 Å². The highest BCUT2D eigenvalue weighted by Gasteiger charge is 2.07. The first kappa shape index (κ1) is 20.1. The molecule has 0 aliphatic heterocycles. The minimum Gasteiger partial charge on any atom is -0.497 e. The Hall–Kier alpha value is -3.84. The zero-order chi connectivity index (χ0) is 21.8. The van der Waals surface area contributed by atoms with Crippen molar-refractivity contribution in [3.63, 3.8) is 0 Å². The molecule has 0 amide bonds. The van der Waals surface area contributed by atoms with Crippen LogP contribution >= 0.6 is 11.3 Å². The summed E-state index contributed by atoms with van der Waals surface area (Å²) >= 11 is 1.59. The van der Waals surface area contributed by atoms with Gasteiger partial charge in [0.25, 0.3) is 0 Å². The quantitative estimate of drug-likeness (QED) is 0.244. The van der Waals surface area contributed by atoms with Crippen LogP contribution in [0.5, 0.6) is 11.5 Å². The average molecular weight is 443 g/mol. The number of hydrazone groups is 1. The van der Waals surface area contributed by atoms with E-state index in [0.717, 1.165) is 49.9 Å². The Bertz CT molecular complexity index is 1360. The molecule has 0 spiro atoms. The summed E-state index contributed by atoms with van der Waals surface area (Å²) in [5.74, 6) is 1.58. The molecule has 1 N–H and O–H groups in total. The number of methoxy groups -OCH3 is 1. The number of benzene rings is 3. The minimum absolute atomic E-state index is 0.548. The van der Waals surface area contributed by atoms with Crippen LogP contribution in [0.4, 0.5) is 5.13 Å². The summed E-state index contributed by atoms with van der Waals surface area (Å²) in [6.07, 6.45) is 3.94. The lowest BCUT2D eigenvalue weighted by molar-refractivity contribution is 0.298. The second-order valence-electron chi connectivity index (χ2n) is 7.18. The second kappa shape index (κ2) is 9.11. The fourth-order valence-corrected chi connectivity index (χ4v) is 4.41. The van der Waals surface area contributed by atoms with Crippen LogP contribution in [0.3, 0.4) is 0 Å². The molecule has 0 unspecified atom stereocenters. The molecular formula is C25H22N4O2S. The van der Waals surface area contributed by atoms with Gasteiger partial charge in [-0.25, -0.2) is 4.98 Å². The van der Waals surface area contributed by atoms with Gasteiger partial charge in [-0.05, 0) is 30.3 Å². The molecule has 2 aromatic heterocycles. The Morgan fingerprint density at radius 3 is 2.78 bits per heavy atom. The van der Waals surface area contributed by atoms with Crippen molar-refractivity contribution in [3.8, 4) is 11.5 Å². The van der Waals surface area contributed by atoms with Crippen molar-refractivity contribution in [2.45, 2.75) is 6.54 Å². The van der Waals surface area contributed by atoms with Crippen LogP contribution in [0.15, 0.2) is 84.1 Å². The summed E-state index contributed by atoms with van der Waals surface area (Å²) in [6.45, 7) is 1.27. The lowest BCUT2D eigenvalue weighted by atomic mass is 10.2. The highest BCUT2D eigenvalue weighted by Crippen LogP contribution is 2.26. The zero-order valence-electron chi connectivity index (χ0n) is 17.6. The zero-order valence-corrected chi connectivity index (χ0v) is 18.4. The number of nitrogens with one attached hydrogen (secondary N) is 1. The first-order valence-electron chi connectivity index (χ1n) is 10.3. The molecule has 32 heavy (non-hydrogen) atoms.